The van der Waals surface area contributed by atoms with Gasteiger partial charge in [-0.15, -0.1) is 0 Å². The van der Waals surface area contributed by atoms with Gasteiger partial charge in [-0.25, -0.2) is 8.42 Å². The molecular formula is C13H16BrNO2S. The summed E-state index contributed by atoms with van der Waals surface area (Å²) in [5.41, 5.74) is 2.19. The fourth-order valence-electron chi connectivity index (χ4n) is 1.98. The molecule has 5 heteroatoms. The summed E-state index contributed by atoms with van der Waals surface area (Å²) in [6.45, 7) is 3.04. The second-order valence-corrected chi connectivity index (χ2v) is 6.95. The molecule has 0 spiro atoms. The molecule has 1 aromatic rings. The number of alkyl halides is 1. The fourth-order valence-corrected chi connectivity index (χ4v) is 3.85. The van der Waals surface area contributed by atoms with E-state index in [1.807, 2.05) is 19.1 Å². The molecule has 0 aromatic heterocycles. The third-order valence-electron chi connectivity index (χ3n) is 3.01. The van der Waals surface area contributed by atoms with E-state index in [1.54, 1.807) is 16.4 Å². The minimum atomic E-state index is -3.34. The van der Waals surface area contributed by atoms with Crippen molar-refractivity contribution in [2.75, 3.05) is 13.1 Å². The fraction of sp³-hybridized carbons (Fsp3) is 0.385. The molecule has 18 heavy (non-hydrogen) atoms. The van der Waals surface area contributed by atoms with Gasteiger partial charge in [0.05, 0.1) is 4.90 Å². The van der Waals surface area contributed by atoms with Crippen LogP contribution in [0.5, 0.6) is 0 Å². The number of sulfonamides is 1. The molecule has 0 radical (unpaired) electrons. The normalized spacial score (nSPS) is 17.6. The Labute approximate surface area is 117 Å². The first-order valence-corrected chi connectivity index (χ1v) is 8.41. The van der Waals surface area contributed by atoms with Gasteiger partial charge < -0.3 is 0 Å². The highest BCUT2D eigenvalue weighted by Crippen LogP contribution is 2.21. The molecule has 1 aliphatic rings. The van der Waals surface area contributed by atoms with E-state index in [0.29, 0.717) is 18.0 Å². The number of hydrogen-bond acceptors (Lipinski definition) is 2. The van der Waals surface area contributed by atoms with E-state index >= 15 is 0 Å². The largest absolute Gasteiger partial charge is 0.243 e. The summed E-state index contributed by atoms with van der Waals surface area (Å²) in [6, 6.07) is 7.04. The van der Waals surface area contributed by atoms with Crippen LogP contribution >= 0.6 is 15.9 Å². The summed E-state index contributed by atoms with van der Waals surface area (Å²) in [5.74, 6) is 0. The van der Waals surface area contributed by atoms with Crippen LogP contribution < -0.4 is 0 Å². The molecule has 0 saturated carbocycles. The van der Waals surface area contributed by atoms with Crippen LogP contribution in [0, 0.1) is 0 Å². The highest BCUT2D eigenvalue weighted by Gasteiger charge is 2.25. The van der Waals surface area contributed by atoms with Crippen LogP contribution in [0.3, 0.4) is 0 Å². The van der Waals surface area contributed by atoms with Crippen molar-refractivity contribution in [1.29, 1.82) is 0 Å². The van der Waals surface area contributed by atoms with E-state index in [2.05, 4.69) is 22.0 Å². The topological polar surface area (TPSA) is 37.4 Å². The molecule has 0 fully saturated rings. The predicted octanol–water partition coefficient (Wildman–Crippen LogP) is 2.92. The molecule has 98 valence electrons. The Morgan fingerprint density at radius 3 is 2.50 bits per heavy atom. The smallest absolute Gasteiger partial charge is 0.207 e. The van der Waals surface area contributed by atoms with Crippen LogP contribution in [0.15, 0.2) is 40.8 Å². The average molecular weight is 330 g/mol. The molecular weight excluding hydrogens is 314 g/mol. The number of halogens is 1. The molecule has 1 aromatic carbocycles. The molecule has 0 N–H and O–H groups in total. The van der Waals surface area contributed by atoms with Crippen molar-refractivity contribution in [3.8, 4) is 0 Å². The van der Waals surface area contributed by atoms with Crippen molar-refractivity contribution >= 4 is 26.0 Å². The molecule has 0 atom stereocenters. The Morgan fingerprint density at radius 2 is 1.94 bits per heavy atom. The van der Waals surface area contributed by atoms with Crippen molar-refractivity contribution in [2.24, 2.45) is 0 Å². The van der Waals surface area contributed by atoms with Crippen LogP contribution in [0.25, 0.3) is 0 Å². The maximum atomic E-state index is 12.4. The van der Waals surface area contributed by atoms with E-state index in [9.17, 15) is 8.42 Å². The quantitative estimate of drug-likeness (QED) is 0.631. The minimum Gasteiger partial charge on any atom is -0.207 e. The third kappa shape index (κ3) is 2.84. The van der Waals surface area contributed by atoms with Crippen molar-refractivity contribution < 1.29 is 8.42 Å². The first kappa shape index (κ1) is 13.8. The van der Waals surface area contributed by atoms with Gasteiger partial charge in [0.1, 0.15) is 0 Å². The summed E-state index contributed by atoms with van der Waals surface area (Å²) < 4.78 is 26.4. The molecule has 0 saturated heterocycles. The van der Waals surface area contributed by atoms with Crippen LogP contribution in [0.1, 0.15) is 18.9 Å². The zero-order valence-corrected chi connectivity index (χ0v) is 12.7. The number of nitrogens with zero attached hydrogens (tertiary/aromatic N) is 1. The molecule has 1 aliphatic heterocycles. The molecule has 0 unspecified atom stereocenters. The summed E-state index contributed by atoms with van der Waals surface area (Å²) in [5, 5.41) is 0.735. The van der Waals surface area contributed by atoms with E-state index < -0.39 is 10.0 Å². The van der Waals surface area contributed by atoms with Gasteiger partial charge in [0.2, 0.25) is 10.0 Å². The lowest BCUT2D eigenvalue weighted by atomic mass is 10.2. The standard InChI is InChI=1S/C13H16BrNO2S/c1-11-3-2-8-15(10-11)18(16,17)13-6-4-12(9-14)5-7-13/h3-7H,2,8-10H2,1H3. The van der Waals surface area contributed by atoms with Gasteiger partial charge in [-0.2, -0.15) is 4.31 Å². The Bertz CT molecular complexity index is 549. The SMILES string of the molecule is CC1=CCCN(S(=O)(=O)c2ccc(CBr)cc2)C1. The summed E-state index contributed by atoms with van der Waals surface area (Å²) in [4.78, 5) is 0.377. The summed E-state index contributed by atoms with van der Waals surface area (Å²) in [6.07, 6.45) is 2.89. The molecule has 3 nitrogen and oxygen atoms in total. The Kier molecular flexibility index (Phi) is 4.25. The zero-order valence-electron chi connectivity index (χ0n) is 10.3. The first-order valence-electron chi connectivity index (χ1n) is 5.85. The maximum absolute atomic E-state index is 12.4. The monoisotopic (exact) mass is 329 g/mol. The van der Waals surface area contributed by atoms with Crippen LogP contribution in [-0.2, 0) is 15.4 Å². The highest BCUT2D eigenvalue weighted by atomic mass is 79.9. The van der Waals surface area contributed by atoms with Crippen molar-refractivity contribution in [3.05, 3.63) is 41.5 Å². The molecule has 1 heterocycles. The molecule has 0 amide bonds. The number of benzene rings is 1. The lowest BCUT2D eigenvalue weighted by Crippen LogP contribution is -2.35. The Hall–Kier alpha value is -0.650. The number of rotatable bonds is 3. The van der Waals surface area contributed by atoms with Crippen LogP contribution in [0.4, 0.5) is 0 Å². The van der Waals surface area contributed by atoms with Gasteiger partial charge in [-0.3, -0.25) is 0 Å². The van der Waals surface area contributed by atoms with Crippen molar-refractivity contribution in [2.45, 2.75) is 23.6 Å². The van der Waals surface area contributed by atoms with E-state index in [4.69, 9.17) is 0 Å². The zero-order chi connectivity index (χ0) is 13.2. The third-order valence-corrected chi connectivity index (χ3v) is 5.52. The Balaban J connectivity index is 2.27. The molecule has 2 rings (SSSR count). The van der Waals surface area contributed by atoms with Crippen molar-refractivity contribution in [3.63, 3.8) is 0 Å². The van der Waals surface area contributed by atoms with Gasteiger partial charge in [-0.1, -0.05) is 39.7 Å². The summed E-state index contributed by atoms with van der Waals surface area (Å²) in [7, 11) is -3.34. The average Bonchev–Trinajstić information content (AvgIpc) is 2.39. The number of hydrogen-bond donors (Lipinski definition) is 0. The van der Waals surface area contributed by atoms with E-state index in [-0.39, 0.29) is 0 Å². The molecule has 0 bridgehead atoms. The molecule has 0 aliphatic carbocycles. The van der Waals surface area contributed by atoms with E-state index in [0.717, 1.165) is 22.9 Å². The van der Waals surface area contributed by atoms with Gasteiger partial charge in [0, 0.05) is 18.4 Å². The van der Waals surface area contributed by atoms with Crippen LogP contribution in [-0.4, -0.2) is 25.8 Å². The first-order chi connectivity index (χ1) is 8.54. The van der Waals surface area contributed by atoms with Gasteiger partial charge >= 0.3 is 0 Å². The second kappa shape index (κ2) is 5.55. The lowest BCUT2D eigenvalue weighted by Gasteiger charge is -2.25. The van der Waals surface area contributed by atoms with Gasteiger partial charge in [0.15, 0.2) is 0 Å². The summed E-state index contributed by atoms with van der Waals surface area (Å²) >= 11 is 3.35. The lowest BCUT2D eigenvalue weighted by molar-refractivity contribution is 0.428. The van der Waals surface area contributed by atoms with Gasteiger partial charge in [0.25, 0.3) is 0 Å². The second-order valence-electron chi connectivity index (χ2n) is 4.46. The van der Waals surface area contributed by atoms with Crippen molar-refractivity contribution in [1.82, 2.24) is 4.31 Å². The van der Waals surface area contributed by atoms with E-state index in [1.165, 1.54) is 0 Å². The van der Waals surface area contributed by atoms with Gasteiger partial charge in [-0.05, 0) is 31.0 Å². The Morgan fingerprint density at radius 1 is 1.28 bits per heavy atom. The maximum Gasteiger partial charge on any atom is 0.243 e. The van der Waals surface area contributed by atoms with Crippen LogP contribution in [0.2, 0.25) is 0 Å². The predicted molar refractivity (Wildman–Crippen MR) is 76.2 cm³/mol. The highest BCUT2D eigenvalue weighted by molar-refractivity contribution is 9.08. The minimum absolute atomic E-state index is 0.377.